The van der Waals surface area contributed by atoms with E-state index in [1.54, 1.807) is 0 Å². The Labute approximate surface area is 103 Å². The van der Waals surface area contributed by atoms with Gasteiger partial charge in [-0.1, -0.05) is 0 Å². The van der Waals surface area contributed by atoms with Gasteiger partial charge in [-0.25, -0.2) is 0 Å². The molecule has 0 saturated carbocycles. The van der Waals surface area contributed by atoms with Crippen LogP contribution >= 0.6 is 0 Å². The Morgan fingerprint density at radius 2 is 2.41 bits per heavy atom. The van der Waals surface area contributed by atoms with Crippen LogP contribution in [0.3, 0.4) is 0 Å². The number of furan rings is 1. The minimum Gasteiger partial charge on any atom is -0.465 e. The Bertz CT molecular complexity index is 350. The van der Waals surface area contributed by atoms with Crippen molar-refractivity contribution in [1.29, 1.82) is 0 Å². The molecule has 0 aliphatic carbocycles. The van der Waals surface area contributed by atoms with Crippen LogP contribution in [0, 0.1) is 6.92 Å². The summed E-state index contributed by atoms with van der Waals surface area (Å²) in [6.45, 7) is 5.27. The molecule has 96 valence electrons. The molecule has 0 spiro atoms. The zero-order valence-corrected chi connectivity index (χ0v) is 11.0. The molecule has 1 aromatic rings. The molecule has 0 aromatic carbocycles. The van der Waals surface area contributed by atoms with Crippen LogP contribution in [0.1, 0.15) is 24.0 Å². The smallest absolute Gasteiger partial charge is 0.121 e. The Morgan fingerprint density at radius 3 is 3.00 bits per heavy atom. The average molecular weight is 237 g/mol. The number of hydrogen-bond donors (Lipinski definition) is 2. The monoisotopic (exact) mass is 237 g/mol. The molecule has 1 aromatic heterocycles. The van der Waals surface area contributed by atoms with Gasteiger partial charge in [-0.05, 0) is 39.6 Å². The quantitative estimate of drug-likeness (QED) is 0.824. The summed E-state index contributed by atoms with van der Waals surface area (Å²) >= 11 is 0. The van der Waals surface area contributed by atoms with Gasteiger partial charge in [0.25, 0.3) is 0 Å². The summed E-state index contributed by atoms with van der Waals surface area (Å²) in [4.78, 5) is 2.43. The standard InChI is InChI=1S/C13H23N3O/c1-10-4-5-13(17-10)12(14-2)8-11-9-15-6-7-16(11)3/h4-5,11-12,14-15H,6-9H2,1-3H3. The molecule has 2 atom stereocenters. The van der Waals surface area contributed by atoms with Gasteiger partial charge in [0.1, 0.15) is 11.5 Å². The Balaban J connectivity index is 1.99. The second kappa shape index (κ2) is 5.67. The van der Waals surface area contributed by atoms with Crippen molar-refractivity contribution in [1.82, 2.24) is 15.5 Å². The van der Waals surface area contributed by atoms with Crippen molar-refractivity contribution in [2.75, 3.05) is 33.7 Å². The highest BCUT2D eigenvalue weighted by atomic mass is 16.3. The first-order valence-electron chi connectivity index (χ1n) is 6.35. The number of piperazine rings is 1. The molecule has 0 bridgehead atoms. The Morgan fingerprint density at radius 1 is 1.59 bits per heavy atom. The van der Waals surface area contributed by atoms with E-state index in [9.17, 15) is 0 Å². The highest BCUT2D eigenvalue weighted by Gasteiger charge is 2.24. The molecule has 1 saturated heterocycles. The van der Waals surface area contributed by atoms with Crippen molar-refractivity contribution >= 4 is 0 Å². The third-order valence-corrected chi connectivity index (χ3v) is 3.61. The van der Waals surface area contributed by atoms with E-state index >= 15 is 0 Å². The van der Waals surface area contributed by atoms with Crippen LogP contribution in [0.2, 0.25) is 0 Å². The van der Waals surface area contributed by atoms with Crippen LogP contribution in [0.4, 0.5) is 0 Å². The van der Waals surface area contributed by atoms with E-state index in [0.717, 1.165) is 37.6 Å². The number of nitrogens with zero attached hydrogens (tertiary/aromatic N) is 1. The summed E-state index contributed by atoms with van der Waals surface area (Å²) in [6, 6.07) is 4.98. The fraction of sp³-hybridized carbons (Fsp3) is 0.692. The first kappa shape index (κ1) is 12.6. The van der Waals surface area contributed by atoms with Crippen molar-refractivity contribution in [2.24, 2.45) is 0 Å². The Kier molecular flexibility index (Phi) is 4.20. The molecule has 2 unspecified atom stereocenters. The van der Waals surface area contributed by atoms with Gasteiger partial charge in [-0.2, -0.15) is 0 Å². The lowest BCUT2D eigenvalue weighted by Crippen LogP contribution is -2.50. The lowest BCUT2D eigenvalue weighted by molar-refractivity contribution is 0.173. The van der Waals surface area contributed by atoms with E-state index in [-0.39, 0.29) is 0 Å². The molecule has 2 rings (SSSR count). The second-order valence-corrected chi connectivity index (χ2v) is 4.86. The zero-order valence-electron chi connectivity index (χ0n) is 11.0. The molecular weight excluding hydrogens is 214 g/mol. The van der Waals surface area contributed by atoms with Crippen LogP contribution in [-0.4, -0.2) is 44.7 Å². The maximum absolute atomic E-state index is 5.71. The van der Waals surface area contributed by atoms with E-state index in [4.69, 9.17) is 4.42 Å². The first-order chi connectivity index (χ1) is 8.20. The predicted octanol–water partition coefficient (Wildman–Crippen LogP) is 1.14. The lowest BCUT2D eigenvalue weighted by Gasteiger charge is -2.34. The SMILES string of the molecule is CNC(CC1CNCCN1C)c1ccc(C)o1. The van der Waals surface area contributed by atoms with Gasteiger partial charge in [-0.3, -0.25) is 0 Å². The van der Waals surface area contributed by atoms with E-state index in [1.165, 1.54) is 0 Å². The van der Waals surface area contributed by atoms with Gasteiger partial charge in [0, 0.05) is 25.7 Å². The molecule has 1 aliphatic heterocycles. The van der Waals surface area contributed by atoms with Crippen molar-refractivity contribution in [3.05, 3.63) is 23.7 Å². The van der Waals surface area contributed by atoms with Gasteiger partial charge < -0.3 is 20.0 Å². The molecule has 2 heterocycles. The normalized spacial score (nSPS) is 23.8. The highest BCUT2D eigenvalue weighted by Crippen LogP contribution is 2.22. The topological polar surface area (TPSA) is 40.4 Å². The second-order valence-electron chi connectivity index (χ2n) is 4.86. The van der Waals surface area contributed by atoms with Crippen molar-refractivity contribution in [3.8, 4) is 0 Å². The van der Waals surface area contributed by atoms with Crippen molar-refractivity contribution in [3.63, 3.8) is 0 Å². The molecule has 4 heteroatoms. The van der Waals surface area contributed by atoms with Gasteiger partial charge in [-0.15, -0.1) is 0 Å². The Hall–Kier alpha value is -0.840. The minimum atomic E-state index is 0.302. The fourth-order valence-corrected chi connectivity index (χ4v) is 2.41. The third kappa shape index (κ3) is 3.09. The van der Waals surface area contributed by atoms with Gasteiger partial charge in [0.05, 0.1) is 6.04 Å². The van der Waals surface area contributed by atoms with Crippen molar-refractivity contribution in [2.45, 2.75) is 25.4 Å². The first-order valence-corrected chi connectivity index (χ1v) is 6.35. The van der Waals surface area contributed by atoms with Gasteiger partial charge >= 0.3 is 0 Å². The maximum atomic E-state index is 5.71. The van der Waals surface area contributed by atoms with Crippen LogP contribution in [-0.2, 0) is 0 Å². The number of rotatable bonds is 4. The van der Waals surface area contributed by atoms with Crippen LogP contribution in [0.15, 0.2) is 16.5 Å². The van der Waals surface area contributed by atoms with Crippen LogP contribution < -0.4 is 10.6 Å². The lowest BCUT2D eigenvalue weighted by atomic mass is 10.0. The molecule has 1 fully saturated rings. The molecule has 2 N–H and O–H groups in total. The average Bonchev–Trinajstić information content (AvgIpc) is 2.75. The molecule has 1 aliphatic rings. The third-order valence-electron chi connectivity index (χ3n) is 3.61. The summed E-state index contributed by atoms with van der Waals surface area (Å²) < 4.78 is 5.71. The summed E-state index contributed by atoms with van der Waals surface area (Å²) in [5.41, 5.74) is 0. The van der Waals surface area contributed by atoms with Gasteiger partial charge in [0.2, 0.25) is 0 Å². The highest BCUT2D eigenvalue weighted by molar-refractivity contribution is 5.10. The molecular formula is C13H23N3O. The number of aryl methyl sites for hydroxylation is 1. The molecule has 0 radical (unpaired) electrons. The maximum Gasteiger partial charge on any atom is 0.121 e. The number of nitrogens with one attached hydrogen (secondary N) is 2. The zero-order chi connectivity index (χ0) is 12.3. The summed E-state index contributed by atoms with van der Waals surface area (Å²) in [7, 11) is 4.20. The van der Waals surface area contributed by atoms with Crippen molar-refractivity contribution < 1.29 is 4.42 Å². The van der Waals surface area contributed by atoms with E-state index in [1.807, 2.05) is 20.0 Å². The predicted molar refractivity (Wildman–Crippen MR) is 69.2 cm³/mol. The molecule has 0 amide bonds. The minimum absolute atomic E-state index is 0.302. The van der Waals surface area contributed by atoms with Crippen LogP contribution in [0.5, 0.6) is 0 Å². The fourth-order valence-electron chi connectivity index (χ4n) is 2.41. The van der Waals surface area contributed by atoms with E-state index < -0.39 is 0 Å². The van der Waals surface area contributed by atoms with E-state index in [0.29, 0.717) is 12.1 Å². The largest absolute Gasteiger partial charge is 0.465 e. The summed E-state index contributed by atoms with van der Waals surface area (Å²) in [6.07, 6.45) is 1.08. The number of hydrogen-bond acceptors (Lipinski definition) is 4. The number of likely N-dealkylation sites (N-methyl/N-ethyl adjacent to an activating group) is 1. The van der Waals surface area contributed by atoms with Gasteiger partial charge in [0.15, 0.2) is 0 Å². The molecule has 4 nitrogen and oxygen atoms in total. The summed E-state index contributed by atoms with van der Waals surface area (Å²) in [5.74, 6) is 2.03. The molecule has 17 heavy (non-hydrogen) atoms. The van der Waals surface area contributed by atoms with E-state index in [2.05, 4.69) is 28.6 Å². The van der Waals surface area contributed by atoms with Crippen LogP contribution in [0.25, 0.3) is 0 Å². The summed E-state index contributed by atoms with van der Waals surface area (Å²) in [5, 5.41) is 6.80.